The summed E-state index contributed by atoms with van der Waals surface area (Å²) in [5.41, 5.74) is 1.94. The lowest BCUT2D eigenvalue weighted by Crippen LogP contribution is -2.36. The lowest BCUT2D eigenvalue weighted by Gasteiger charge is -2.27. The number of sulfonamides is 1. The van der Waals surface area contributed by atoms with Gasteiger partial charge < -0.3 is 4.74 Å². The summed E-state index contributed by atoms with van der Waals surface area (Å²) in [4.78, 5) is 0. The van der Waals surface area contributed by atoms with Crippen LogP contribution in [0.3, 0.4) is 0 Å². The van der Waals surface area contributed by atoms with Crippen LogP contribution in [0.15, 0.2) is 48.5 Å². The first kappa shape index (κ1) is 25.4. The van der Waals surface area contributed by atoms with Gasteiger partial charge in [-0.1, -0.05) is 35.9 Å². The molecular weight excluding hydrogens is 543 g/mol. The molecule has 14 heteroatoms. The molecule has 1 unspecified atom stereocenters. The molecule has 194 valence electrons. The Morgan fingerprint density at radius 3 is 2.42 bits per heavy atom. The molecule has 3 aromatic rings. The van der Waals surface area contributed by atoms with E-state index in [0.717, 1.165) is 0 Å². The summed E-state index contributed by atoms with van der Waals surface area (Å²) >= 11 is 6.03. The van der Waals surface area contributed by atoms with E-state index in [1.807, 2.05) is 0 Å². The first-order valence-corrected chi connectivity index (χ1v) is 14.6. The SMILES string of the molecule is O=S(=O)(C1CCS(O)(O)C1)N1Cc2nn(-c3ccccc3OC(F)(F)F)c(-c3ccc(Cl)cc3)c2C1. The van der Waals surface area contributed by atoms with E-state index in [-0.39, 0.29) is 36.7 Å². The minimum atomic E-state index is -4.92. The first-order valence-electron chi connectivity index (χ1n) is 10.8. The molecule has 0 aliphatic carbocycles. The zero-order chi connectivity index (χ0) is 25.9. The number of hydrogen-bond acceptors (Lipinski definition) is 6. The van der Waals surface area contributed by atoms with E-state index in [0.29, 0.717) is 27.5 Å². The molecule has 0 spiro atoms. The smallest absolute Gasteiger partial charge is 0.403 e. The van der Waals surface area contributed by atoms with Crippen molar-refractivity contribution in [2.75, 3.05) is 11.5 Å². The van der Waals surface area contributed by atoms with Gasteiger partial charge in [0.05, 0.1) is 28.9 Å². The molecule has 0 radical (unpaired) electrons. The molecule has 0 amide bonds. The molecule has 36 heavy (non-hydrogen) atoms. The van der Waals surface area contributed by atoms with Crippen LogP contribution in [0.2, 0.25) is 5.02 Å². The highest BCUT2D eigenvalue weighted by molar-refractivity contribution is 8.25. The quantitative estimate of drug-likeness (QED) is 0.439. The van der Waals surface area contributed by atoms with Gasteiger partial charge in [-0.2, -0.15) is 20.0 Å². The van der Waals surface area contributed by atoms with Gasteiger partial charge >= 0.3 is 6.36 Å². The van der Waals surface area contributed by atoms with Crippen molar-refractivity contribution in [1.29, 1.82) is 0 Å². The maximum atomic E-state index is 13.3. The van der Waals surface area contributed by atoms with E-state index in [4.69, 9.17) is 11.6 Å². The van der Waals surface area contributed by atoms with Crippen LogP contribution >= 0.6 is 22.2 Å². The van der Waals surface area contributed by atoms with Gasteiger partial charge in [0.15, 0.2) is 5.75 Å². The van der Waals surface area contributed by atoms with Gasteiger partial charge in [0.25, 0.3) is 0 Å². The van der Waals surface area contributed by atoms with Gasteiger partial charge in [0.1, 0.15) is 5.69 Å². The van der Waals surface area contributed by atoms with Crippen molar-refractivity contribution in [3.63, 3.8) is 0 Å². The molecule has 2 aliphatic heterocycles. The Labute approximate surface area is 211 Å². The maximum Gasteiger partial charge on any atom is 0.573 e. The molecule has 8 nitrogen and oxygen atoms in total. The van der Waals surface area contributed by atoms with Crippen molar-refractivity contribution >= 4 is 32.2 Å². The number of halogens is 4. The van der Waals surface area contributed by atoms with Crippen LogP contribution in [-0.2, 0) is 23.1 Å². The topological polar surface area (TPSA) is 105 Å². The Bertz CT molecular complexity index is 1410. The maximum absolute atomic E-state index is 13.3. The molecule has 3 heterocycles. The second-order valence-electron chi connectivity index (χ2n) is 8.60. The molecule has 0 saturated carbocycles. The van der Waals surface area contributed by atoms with Crippen LogP contribution < -0.4 is 4.74 Å². The fraction of sp³-hybridized carbons (Fsp3) is 0.318. The van der Waals surface area contributed by atoms with Crippen molar-refractivity contribution in [3.05, 3.63) is 64.8 Å². The Kier molecular flexibility index (Phi) is 6.29. The number of alkyl halides is 3. The highest BCUT2D eigenvalue weighted by Crippen LogP contribution is 2.49. The second kappa shape index (κ2) is 8.92. The molecule has 0 bridgehead atoms. The molecule has 2 N–H and O–H groups in total. The third kappa shape index (κ3) is 4.83. The van der Waals surface area contributed by atoms with Gasteiger partial charge in [-0.25, -0.2) is 13.1 Å². The molecule has 1 aromatic heterocycles. The summed E-state index contributed by atoms with van der Waals surface area (Å²) in [5.74, 6) is -0.633. The van der Waals surface area contributed by atoms with Gasteiger partial charge in [-0.3, -0.25) is 9.11 Å². The lowest BCUT2D eigenvalue weighted by atomic mass is 10.1. The largest absolute Gasteiger partial charge is 0.573 e. The van der Waals surface area contributed by atoms with Crippen molar-refractivity contribution < 1.29 is 35.4 Å². The zero-order valence-corrected chi connectivity index (χ0v) is 20.9. The molecule has 1 fully saturated rings. The zero-order valence-electron chi connectivity index (χ0n) is 18.5. The average molecular weight is 564 g/mol. The van der Waals surface area contributed by atoms with Gasteiger partial charge in [-0.05, 0) is 30.7 Å². The average Bonchev–Trinajstić information content (AvgIpc) is 3.46. The summed E-state index contributed by atoms with van der Waals surface area (Å²) in [6.07, 6.45) is -4.78. The molecule has 1 atom stereocenters. The summed E-state index contributed by atoms with van der Waals surface area (Å²) in [5, 5.41) is 4.04. The molecule has 1 saturated heterocycles. The molecule has 2 aliphatic rings. The van der Waals surface area contributed by atoms with Crippen molar-refractivity contribution in [1.82, 2.24) is 14.1 Å². The number of ether oxygens (including phenoxy) is 1. The number of rotatable bonds is 5. The summed E-state index contributed by atoms with van der Waals surface area (Å²) in [6.45, 7) is -0.156. The minimum Gasteiger partial charge on any atom is -0.403 e. The predicted octanol–water partition coefficient (Wildman–Crippen LogP) is 5.26. The number of fused-ring (bicyclic) bond motifs is 1. The van der Waals surface area contributed by atoms with Crippen LogP contribution in [0.25, 0.3) is 16.9 Å². The number of nitrogens with zero attached hydrogens (tertiary/aromatic N) is 3. The fourth-order valence-electron chi connectivity index (χ4n) is 4.52. The van der Waals surface area contributed by atoms with E-state index in [9.17, 15) is 30.7 Å². The Hall–Kier alpha value is -2.29. The Balaban J connectivity index is 1.58. The first-order chi connectivity index (χ1) is 16.8. The highest BCUT2D eigenvalue weighted by Gasteiger charge is 2.44. The van der Waals surface area contributed by atoms with E-state index in [2.05, 4.69) is 9.84 Å². The van der Waals surface area contributed by atoms with E-state index in [1.165, 1.54) is 27.2 Å². The van der Waals surface area contributed by atoms with Crippen LogP contribution in [-0.4, -0.2) is 54.7 Å². The van der Waals surface area contributed by atoms with Crippen molar-refractivity contribution in [2.24, 2.45) is 0 Å². The molecule has 5 rings (SSSR count). The normalized spacial score (nSPS) is 20.9. The van der Waals surface area contributed by atoms with Crippen LogP contribution in [0.1, 0.15) is 17.7 Å². The van der Waals surface area contributed by atoms with Crippen LogP contribution in [0.4, 0.5) is 13.2 Å². The minimum absolute atomic E-state index is 0.0355. The van der Waals surface area contributed by atoms with Gasteiger partial charge in [-0.15, -0.1) is 13.2 Å². The monoisotopic (exact) mass is 563 g/mol. The fourth-order valence-corrected chi connectivity index (χ4v) is 9.18. The van der Waals surface area contributed by atoms with Crippen LogP contribution in [0.5, 0.6) is 5.75 Å². The third-order valence-electron chi connectivity index (χ3n) is 6.16. The number of para-hydroxylation sites is 2. The highest BCUT2D eigenvalue weighted by atomic mass is 35.5. The van der Waals surface area contributed by atoms with Gasteiger partial charge in [0.2, 0.25) is 10.0 Å². The summed E-state index contributed by atoms with van der Waals surface area (Å²) < 4.78 is 92.4. The van der Waals surface area contributed by atoms with Crippen molar-refractivity contribution in [2.45, 2.75) is 31.1 Å². The van der Waals surface area contributed by atoms with Gasteiger partial charge in [0, 0.05) is 28.4 Å². The van der Waals surface area contributed by atoms with Crippen LogP contribution in [0, 0.1) is 0 Å². The number of aromatic nitrogens is 2. The second-order valence-corrected chi connectivity index (χ2v) is 13.6. The Morgan fingerprint density at radius 2 is 1.78 bits per heavy atom. The Morgan fingerprint density at radius 1 is 1.08 bits per heavy atom. The van der Waals surface area contributed by atoms with E-state index >= 15 is 0 Å². The summed E-state index contributed by atoms with van der Waals surface area (Å²) in [7, 11) is -6.80. The third-order valence-corrected chi connectivity index (χ3v) is 10.7. The lowest BCUT2D eigenvalue weighted by molar-refractivity contribution is -0.274. The standard InChI is InChI=1S/C22H21ClF3N3O5S2/c23-15-7-5-14(6-8-15)21-17-11-28(36(32,33)16-9-10-35(30,31)13-16)12-18(17)27-29(21)19-3-1-2-4-20(19)34-22(24,25)26/h1-8,16,30-31H,9-13H2. The van der Waals surface area contributed by atoms with E-state index < -0.39 is 38.0 Å². The van der Waals surface area contributed by atoms with Crippen molar-refractivity contribution in [3.8, 4) is 22.7 Å². The number of benzene rings is 2. The van der Waals surface area contributed by atoms with E-state index in [1.54, 1.807) is 30.3 Å². The predicted molar refractivity (Wildman–Crippen MR) is 130 cm³/mol. The summed E-state index contributed by atoms with van der Waals surface area (Å²) in [6, 6.07) is 12.1. The molecule has 2 aromatic carbocycles. The number of hydrogen-bond donors (Lipinski definition) is 2. The molecular formula is C22H21ClF3N3O5S2.